The number of benzene rings is 2. The standard InChI is InChI=1S/C18H14INO5/c1-23-18(22)14(20-17(21)12-4-2-3-5-13(12)19)8-11-6-7-15-16(9-11)25-10-24-15/h2-9H,10H2,1H3,(H,20,21)/b14-8+. The third kappa shape index (κ3) is 3.93. The summed E-state index contributed by atoms with van der Waals surface area (Å²) in [4.78, 5) is 24.5. The van der Waals surface area contributed by atoms with E-state index in [1.165, 1.54) is 13.2 Å². The predicted octanol–water partition coefficient (Wildman–Crippen LogP) is 2.96. The molecule has 1 N–H and O–H groups in total. The molecule has 0 aromatic heterocycles. The molecule has 3 rings (SSSR count). The van der Waals surface area contributed by atoms with Gasteiger partial charge in [-0.2, -0.15) is 0 Å². The van der Waals surface area contributed by atoms with Crippen LogP contribution in [-0.4, -0.2) is 25.8 Å². The minimum atomic E-state index is -0.642. The van der Waals surface area contributed by atoms with Crippen molar-refractivity contribution in [1.82, 2.24) is 5.32 Å². The molecular formula is C18H14INO5. The van der Waals surface area contributed by atoms with Crippen LogP contribution in [0, 0.1) is 3.57 Å². The van der Waals surface area contributed by atoms with Crippen LogP contribution < -0.4 is 14.8 Å². The summed E-state index contributed by atoms with van der Waals surface area (Å²) >= 11 is 2.07. The molecule has 1 amide bonds. The molecule has 0 saturated carbocycles. The smallest absolute Gasteiger partial charge is 0.354 e. The maximum atomic E-state index is 12.5. The van der Waals surface area contributed by atoms with Gasteiger partial charge in [0.2, 0.25) is 6.79 Å². The van der Waals surface area contributed by atoms with Gasteiger partial charge in [0.15, 0.2) is 11.5 Å². The summed E-state index contributed by atoms with van der Waals surface area (Å²) in [5.74, 6) is 0.195. The van der Waals surface area contributed by atoms with Gasteiger partial charge in [0.05, 0.1) is 12.7 Å². The molecule has 0 unspecified atom stereocenters. The van der Waals surface area contributed by atoms with E-state index in [4.69, 9.17) is 14.2 Å². The first-order valence-electron chi connectivity index (χ1n) is 7.34. The average Bonchev–Trinajstić information content (AvgIpc) is 3.08. The lowest BCUT2D eigenvalue weighted by atomic mass is 10.1. The summed E-state index contributed by atoms with van der Waals surface area (Å²) < 4.78 is 16.1. The molecule has 6 nitrogen and oxygen atoms in total. The second-order valence-corrected chi connectivity index (χ2v) is 6.26. The monoisotopic (exact) mass is 451 g/mol. The van der Waals surface area contributed by atoms with E-state index in [1.807, 2.05) is 12.1 Å². The third-order valence-electron chi connectivity index (χ3n) is 3.48. The fourth-order valence-corrected chi connectivity index (χ4v) is 2.89. The largest absolute Gasteiger partial charge is 0.464 e. The molecule has 0 atom stereocenters. The number of hydrogen-bond acceptors (Lipinski definition) is 5. The van der Waals surface area contributed by atoms with Crippen molar-refractivity contribution in [1.29, 1.82) is 0 Å². The van der Waals surface area contributed by atoms with Crippen LogP contribution in [0.1, 0.15) is 15.9 Å². The van der Waals surface area contributed by atoms with Crippen LogP contribution in [0.15, 0.2) is 48.2 Å². The Balaban J connectivity index is 1.88. The van der Waals surface area contributed by atoms with Crippen molar-refractivity contribution in [3.63, 3.8) is 0 Å². The Bertz CT molecular complexity index is 862. The van der Waals surface area contributed by atoms with Gasteiger partial charge in [0, 0.05) is 3.57 Å². The lowest BCUT2D eigenvalue weighted by Gasteiger charge is -2.09. The van der Waals surface area contributed by atoms with Gasteiger partial charge in [0.25, 0.3) is 5.91 Å². The lowest BCUT2D eigenvalue weighted by molar-refractivity contribution is -0.136. The quantitative estimate of drug-likeness (QED) is 0.440. The summed E-state index contributed by atoms with van der Waals surface area (Å²) in [6.45, 7) is 0.162. The van der Waals surface area contributed by atoms with Crippen LogP contribution in [0.3, 0.4) is 0 Å². The van der Waals surface area contributed by atoms with E-state index in [9.17, 15) is 9.59 Å². The SMILES string of the molecule is COC(=O)/C(=C\c1ccc2c(c1)OCO2)NC(=O)c1ccccc1I. The van der Waals surface area contributed by atoms with Crippen LogP contribution >= 0.6 is 22.6 Å². The van der Waals surface area contributed by atoms with E-state index in [-0.39, 0.29) is 18.4 Å². The number of esters is 1. The second kappa shape index (κ2) is 7.56. The zero-order valence-corrected chi connectivity index (χ0v) is 15.4. The van der Waals surface area contributed by atoms with Crippen molar-refractivity contribution in [2.24, 2.45) is 0 Å². The van der Waals surface area contributed by atoms with E-state index in [0.29, 0.717) is 22.6 Å². The van der Waals surface area contributed by atoms with E-state index >= 15 is 0 Å². The van der Waals surface area contributed by atoms with Crippen molar-refractivity contribution in [3.05, 3.63) is 62.9 Å². The number of fused-ring (bicyclic) bond motifs is 1. The molecule has 7 heteroatoms. The van der Waals surface area contributed by atoms with Crippen molar-refractivity contribution < 1.29 is 23.8 Å². The zero-order valence-electron chi connectivity index (χ0n) is 13.2. The average molecular weight is 451 g/mol. The number of carbonyl (C=O) groups excluding carboxylic acids is 2. The molecule has 0 fully saturated rings. The summed E-state index contributed by atoms with van der Waals surface area (Å²) in [6, 6.07) is 12.3. The molecule has 0 bridgehead atoms. The van der Waals surface area contributed by atoms with Crippen LogP contribution in [0.2, 0.25) is 0 Å². The predicted molar refractivity (Wildman–Crippen MR) is 99.2 cm³/mol. The van der Waals surface area contributed by atoms with Gasteiger partial charge >= 0.3 is 5.97 Å². The van der Waals surface area contributed by atoms with E-state index < -0.39 is 5.97 Å². The van der Waals surface area contributed by atoms with Gasteiger partial charge in [-0.15, -0.1) is 0 Å². The first kappa shape index (κ1) is 17.3. The number of halogens is 1. The number of nitrogens with one attached hydrogen (secondary N) is 1. The van der Waals surface area contributed by atoms with Crippen LogP contribution in [0.5, 0.6) is 11.5 Å². The van der Waals surface area contributed by atoms with Gasteiger partial charge < -0.3 is 19.5 Å². The number of carbonyl (C=O) groups is 2. The molecule has 2 aromatic rings. The summed E-state index contributed by atoms with van der Waals surface area (Å²) in [7, 11) is 1.26. The van der Waals surface area contributed by atoms with Crippen molar-refractivity contribution >= 4 is 40.5 Å². The fourth-order valence-electron chi connectivity index (χ4n) is 2.26. The van der Waals surface area contributed by atoms with E-state index in [2.05, 4.69) is 27.9 Å². The summed E-state index contributed by atoms with van der Waals surface area (Å²) in [5.41, 5.74) is 1.18. The van der Waals surface area contributed by atoms with Gasteiger partial charge in [-0.1, -0.05) is 18.2 Å². The molecule has 0 saturated heterocycles. The number of rotatable bonds is 4. The minimum absolute atomic E-state index is 0.0334. The highest BCUT2D eigenvalue weighted by atomic mass is 127. The van der Waals surface area contributed by atoms with E-state index in [1.54, 1.807) is 30.3 Å². The molecule has 0 spiro atoms. The maximum Gasteiger partial charge on any atom is 0.354 e. The third-order valence-corrected chi connectivity index (χ3v) is 4.42. The van der Waals surface area contributed by atoms with Crippen molar-refractivity contribution in [2.75, 3.05) is 13.9 Å². The first-order chi connectivity index (χ1) is 12.1. The second-order valence-electron chi connectivity index (χ2n) is 5.10. The molecular weight excluding hydrogens is 437 g/mol. The topological polar surface area (TPSA) is 73.9 Å². The highest BCUT2D eigenvalue weighted by Gasteiger charge is 2.18. The Morgan fingerprint density at radius 1 is 1.16 bits per heavy atom. The fraction of sp³-hybridized carbons (Fsp3) is 0.111. The lowest BCUT2D eigenvalue weighted by Crippen LogP contribution is -2.28. The summed E-state index contributed by atoms with van der Waals surface area (Å²) in [6.07, 6.45) is 1.53. The summed E-state index contributed by atoms with van der Waals surface area (Å²) in [5, 5.41) is 2.61. The van der Waals surface area contributed by atoms with Crippen LogP contribution in [-0.2, 0) is 9.53 Å². The molecule has 1 heterocycles. The maximum absolute atomic E-state index is 12.5. The molecule has 1 aliphatic rings. The Kier molecular flexibility index (Phi) is 5.22. The molecule has 0 aliphatic carbocycles. The van der Waals surface area contributed by atoms with Gasteiger partial charge in [-0.3, -0.25) is 4.79 Å². The highest BCUT2D eigenvalue weighted by Crippen LogP contribution is 2.33. The van der Waals surface area contributed by atoms with Gasteiger partial charge in [0.1, 0.15) is 5.70 Å². The highest BCUT2D eigenvalue weighted by molar-refractivity contribution is 14.1. The molecule has 128 valence electrons. The normalized spacial score (nSPS) is 12.6. The van der Waals surface area contributed by atoms with Gasteiger partial charge in [-0.25, -0.2) is 4.79 Å². The zero-order chi connectivity index (χ0) is 17.8. The number of hydrogen-bond donors (Lipinski definition) is 1. The van der Waals surface area contributed by atoms with Crippen molar-refractivity contribution in [2.45, 2.75) is 0 Å². The molecule has 2 aromatic carbocycles. The number of methoxy groups -OCH3 is 1. The van der Waals surface area contributed by atoms with Gasteiger partial charge in [-0.05, 0) is 58.5 Å². The van der Waals surface area contributed by atoms with Crippen LogP contribution in [0.4, 0.5) is 0 Å². The molecule has 0 radical (unpaired) electrons. The molecule has 25 heavy (non-hydrogen) atoms. The number of ether oxygens (including phenoxy) is 3. The minimum Gasteiger partial charge on any atom is -0.464 e. The Hall–Kier alpha value is -2.55. The van der Waals surface area contributed by atoms with E-state index in [0.717, 1.165) is 3.57 Å². The molecule has 1 aliphatic heterocycles. The number of amides is 1. The first-order valence-corrected chi connectivity index (χ1v) is 8.42. The van der Waals surface area contributed by atoms with Crippen LogP contribution in [0.25, 0.3) is 6.08 Å². The Morgan fingerprint density at radius 3 is 2.68 bits per heavy atom. The van der Waals surface area contributed by atoms with Crippen molar-refractivity contribution in [3.8, 4) is 11.5 Å². The Morgan fingerprint density at radius 2 is 1.92 bits per heavy atom. The Labute approximate surface area is 157 Å².